The highest BCUT2D eigenvalue weighted by Gasteiger charge is 1.99. The van der Waals surface area contributed by atoms with E-state index in [0.717, 1.165) is 11.3 Å². The molecule has 1 rings (SSSR count). The molecule has 14 heavy (non-hydrogen) atoms. The first-order valence-electron chi connectivity index (χ1n) is 4.27. The van der Waals surface area contributed by atoms with E-state index >= 15 is 0 Å². The Hall–Kier alpha value is -1.79. The van der Waals surface area contributed by atoms with Crippen LogP contribution < -0.4 is 10.6 Å². The topological polar surface area (TPSA) is 41.1 Å². The fourth-order valence-electron chi connectivity index (χ4n) is 1.02. The summed E-state index contributed by atoms with van der Waals surface area (Å²) in [6.45, 7) is 0.302. The Morgan fingerprint density at radius 2 is 2.07 bits per heavy atom. The van der Waals surface area contributed by atoms with Gasteiger partial charge in [-0.3, -0.25) is 4.79 Å². The first kappa shape index (κ1) is 10.3. The fourth-order valence-corrected chi connectivity index (χ4v) is 1.02. The number of likely N-dealkylation sites (N-methyl/N-ethyl adjacent to an activating group) is 1. The van der Waals surface area contributed by atoms with E-state index in [1.807, 2.05) is 0 Å². The number of nitrogens with one attached hydrogen (secondary N) is 2. The molecule has 1 aromatic rings. The number of amides is 1. The van der Waals surface area contributed by atoms with Crippen LogP contribution in [0.15, 0.2) is 24.3 Å². The van der Waals surface area contributed by atoms with Gasteiger partial charge in [0.15, 0.2) is 0 Å². The van der Waals surface area contributed by atoms with E-state index < -0.39 is 0 Å². The Kier molecular flexibility index (Phi) is 3.71. The van der Waals surface area contributed by atoms with Gasteiger partial charge in [-0.15, -0.1) is 6.42 Å². The molecule has 0 aliphatic heterocycles. The second-order valence-electron chi connectivity index (χ2n) is 2.80. The Morgan fingerprint density at radius 1 is 1.43 bits per heavy atom. The van der Waals surface area contributed by atoms with Crippen molar-refractivity contribution in [2.75, 3.05) is 18.9 Å². The minimum Gasteiger partial charge on any atom is -0.325 e. The van der Waals surface area contributed by atoms with Crippen molar-refractivity contribution >= 4 is 11.6 Å². The number of carbonyl (C=O) groups is 1. The van der Waals surface area contributed by atoms with Crippen LogP contribution in [0.2, 0.25) is 0 Å². The van der Waals surface area contributed by atoms with Gasteiger partial charge in [-0.25, -0.2) is 0 Å². The molecular weight excluding hydrogens is 176 g/mol. The van der Waals surface area contributed by atoms with Crippen molar-refractivity contribution < 1.29 is 4.79 Å². The van der Waals surface area contributed by atoms with Gasteiger partial charge in [-0.05, 0) is 31.3 Å². The molecule has 2 N–H and O–H groups in total. The summed E-state index contributed by atoms with van der Waals surface area (Å²) in [6.07, 6.45) is 5.20. The molecule has 1 aromatic carbocycles. The highest BCUT2D eigenvalue weighted by Crippen LogP contribution is 2.07. The van der Waals surface area contributed by atoms with E-state index in [2.05, 4.69) is 16.6 Å². The van der Waals surface area contributed by atoms with Crippen LogP contribution in [0.25, 0.3) is 0 Å². The average Bonchev–Trinajstić information content (AvgIpc) is 2.19. The number of benzene rings is 1. The summed E-state index contributed by atoms with van der Waals surface area (Å²) in [7, 11) is 1.72. The maximum Gasteiger partial charge on any atom is 0.238 e. The number of carbonyl (C=O) groups excluding carboxylic acids is 1. The molecule has 0 radical (unpaired) electrons. The molecule has 0 saturated heterocycles. The van der Waals surface area contributed by atoms with Crippen LogP contribution in [-0.2, 0) is 4.79 Å². The Morgan fingerprint density at radius 3 is 2.57 bits per heavy atom. The van der Waals surface area contributed by atoms with E-state index in [0.29, 0.717) is 6.54 Å². The van der Waals surface area contributed by atoms with Crippen molar-refractivity contribution in [3.05, 3.63) is 29.8 Å². The second-order valence-corrected chi connectivity index (χ2v) is 2.80. The molecule has 72 valence electrons. The number of hydrogen-bond donors (Lipinski definition) is 2. The molecular formula is C11H12N2O. The van der Waals surface area contributed by atoms with E-state index in [4.69, 9.17) is 6.42 Å². The van der Waals surface area contributed by atoms with E-state index in [1.54, 1.807) is 31.3 Å². The van der Waals surface area contributed by atoms with Crippen molar-refractivity contribution in [1.82, 2.24) is 5.32 Å². The highest BCUT2D eigenvalue weighted by atomic mass is 16.1. The summed E-state index contributed by atoms with van der Waals surface area (Å²) in [6, 6.07) is 7.13. The molecule has 0 heterocycles. The molecule has 0 bridgehead atoms. The zero-order valence-electron chi connectivity index (χ0n) is 8.00. The third kappa shape index (κ3) is 2.92. The Labute approximate surface area is 83.5 Å². The minimum absolute atomic E-state index is 0.0686. The van der Waals surface area contributed by atoms with Gasteiger partial charge in [0.05, 0.1) is 6.54 Å². The molecule has 0 aromatic heterocycles. The second kappa shape index (κ2) is 5.05. The SMILES string of the molecule is C#Cc1ccc(NC(=O)CNC)cc1. The van der Waals surface area contributed by atoms with Crippen LogP contribution in [0.5, 0.6) is 0 Å². The van der Waals surface area contributed by atoms with Crippen molar-refractivity contribution in [1.29, 1.82) is 0 Å². The predicted molar refractivity (Wildman–Crippen MR) is 56.9 cm³/mol. The van der Waals surface area contributed by atoms with Gasteiger partial charge >= 0.3 is 0 Å². The minimum atomic E-state index is -0.0686. The molecule has 0 aliphatic rings. The van der Waals surface area contributed by atoms with Crippen molar-refractivity contribution in [2.24, 2.45) is 0 Å². The Bertz CT molecular complexity index is 349. The van der Waals surface area contributed by atoms with Crippen LogP contribution in [0.4, 0.5) is 5.69 Å². The van der Waals surface area contributed by atoms with Crippen LogP contribution in [0.1, 0.15) is 5.56 Å². The third-order valence-corrected chi connectivity index (χ3v) is 1.67. The van der Waals surface area contributed by atoms with Crippen molar-refractivity contribution in [2.45, 2.75) is 0 Å². The largest absolute Gasteiger partial charge is 0.325 e. The van der Waals surface area contributed by atoms with Crippen LogP contribution in [0.3, 0.4) is 0 Å². The van der Waals surface area contributed by atoms with Gasteiger partial charge in [0, 0.05) is 11.3 Å². The maximum absolute atomic E-state index is 11.2. The summed E-state index contributed by atoms with van der Waals surface area (Å²) in [5, 5.41) is 5.49. The zero-order valence-corrected chi connectivity index (χ0v) is 8.00. The molecule has 0 saturated carbocycles. The normalized spacial score (nSPS) is 9.14. The van der Waals surface area contributed by atoms with Gasteiger partial charge in [0.25, 0.3) is 0 Å². The summed E-state index contributed by atoms with van der Waals surface area (Å²) < 4.78 is 0. The van der Waals surface area contributed by atoms with Gasteiger partial charge in [0.2, 0.25) is 5.91 Å². The van der Waals surface area contributed by atoms with Crippen LogP contribution in [0, 0.1) is 12.3 Å². The predicted octanol–water partition coefficient (Wildman–Crippen LogP) is 0.826. The molecule has 0 spiro atoms. The molecule has 1 amide bonds. The third-order valence-electron chi connectivity index (χ3n) is 1.67. The average molecular weight is 188 g/mol. The lowest BCUT2D eigenvalue weighted by Gasteiger charge is -2.04. The van der Waals surface area contributed by atoms with Crippen LogP contribution in [-0.4, -0.2) is 19.5 Å². The standard InChI is InChI=1S/C11H12N2O/c1-3-9-4-6-10(7-5-9)13-11(14)8-12-2/h1,4-7,12H,8H2,2H3,(H,13,14). The van der Waals surface area contributed by atoms with Gasteiger partial charge < -0.3 is 10.6 Å². The number of anilines is 1. The van der Waals surface area contributed by atoms with E-state index in [1.165, 1.54) is 0 Å². The molecule has 0 aliphatic carbocycles. The van der Waals surface area contributed by atoms with Gasteiger partial charge in [0.1, 0.15) is 0 Å². The maximum atomic E-state index is 11.2. The summed E-state index contributed by atoms with van der Waals surface area (Å²) in [5.74, 6) is 2.44. The number of hydrogen-bond acceptors (Lipinski definition) is 2. The van der Waals surface area contributed by atoms with E-state index in [9.17, 15) is 4.79 Å². The van der Waals surface area contributed by atoms with E-state index in [-0.39, 0.29) is 5.91 Å². The molecule has 0 fully saturated rings. The lowest BCUT2D eigenvalue weighted by molar-refractivity contribution is -0.115. The zero-order chi connectivity index (χ0) is 10.4. The molecule has 0 unspecified atom stereocenters. The lowest BCUT2D eigenvalue weighted by Crippen LogP contribution is -2.24. The Balaban J connectivity index is 2.61. The highest BCUT2D eigenvalue weighted by molar-refractivity contribution is 5.92. The smallest absolute Gasteiger partial charge is 0.238 e. The van der Waals surface area contributed by atoms with Gasteiger partial charge in [-0.2, -0.15) is 0 Å². The summed E-state index contributed by atoms with van der Waals surface area (Å²) in [5.41, 5.74) is 1.56. The summed E-state index contributed by atoms with van der Waals surface area (Å²) >= 11 is 0. The first-order valence-corrected chi connectivity index (χ1v) is 4.27. The summed E-state index contributed by atoms with van der Waals surface area (Å²) in [4.78, 5) is 11.2. The molecule has 3 nitrogen and oxygen atoms in total. The van der Waals surface area contributed by atoms with Crippen LogP contribution >= 0.6 is 0 Å². The molecule has 0 atom stereocenters. The monoisotopic (exact) mass is 188 g/mol. The first-order chi connectivity index (χ1) is 6.76. The van der Waals surface area contributed by atoms with Crippen molar-refractivity contribution in [3.8, 4) is 12.3 Å². The molecule has 3 heteroatoms. The lowest BCUT2D eigenvalue weighted by atomic mass is 10.2. The quantitative estimate of drug-likeness (QED) is 0.690. The fraction of sp³-hybridized carbons (Fsp3) is 0.182. The number of terminal acetylenes is 1. The number of rotatable bonds is 3. The van der Waals surface area contributed by atoms with Gasteiger partial charge in [-0.1, -0.05) is 5.92 Å². The van der Waals surface area contributed by atoms with Crippen molar-refractivity contribution in [3.63, 3.8) is 0 Å².